The fourth-order valence-electron chi connectivity index (χ4n) is 2.32. The Kier molecular flexibility index (Phi) is 8.01. The zero-order valence-electron chi connectivity index (χ0n) is 11.7. The molecule has 1 fully saturated rings. The van der Waals surface area contributed by atoms with Crippen molar-refractivity contribution in [1.82, 2.24) is 4.90 Å². The van der Waals surface area contributed by atoms with E-state index >= 15 is 0 Å². The lowest BCUT2D eigenvalue weighted by molar-refractivity contribution is -0.132. The molecule has 18 heavy (non-hydrogen) atoms. The third-order valence-electron chi connectivity index (χ3n) is 3.52. The van der Waals surface area contributed by atoms with Crippen molar-refractivity contribution in [3.63, 3.8) is 0 Å². The minimum absolute atomic E-state index is 0.247. The number of carbonyl (C=O) groups is 1. The first-order chi connectivity index (χ1) is 8.74. The first kappa shape index (κ1) is 15.4. The van der Waals surface area contributed by atoms with Crippen molar-refractivity contribution < 1.29 is 9.53 Å². The largest absolute Gasteiger partial charge is 0.376 e. The van der Waals surface area contributed by atoms with E-state index < -0.39 is 0 Å². The molecule has 0 aromatic carbocycles. The predicted molar refractivity (Wildman–Crippen MR) is 73.4 cm³/mol. The van der Waals surface area contributed by atoms with Crippen LogP contribution in [0.3, 0.4) is 0 Å². The van der Waals surface area contributed by atoms with Gasteiger partial charge in [0.05, 0.1) is 6.10 Å². The summed E-state index contributed by atoms with van der Waals surface area (Å²) in [5.74, 6) is 0.247. The average Bonchev–Trinajstić information content (AvgIpc) is 2.39. The molecule has 1 saturated heterocycles. The summed E-state index contributed by atoms with van der Waals surface area (Å²) in [6.07, 6.45) is 8.69. The summed E-state index contributed by atoms with van der Waals surface area (Å²) in [5, 5.41) is 0. The third kappa shape index (κ3) is 6.36. The Morgan fingerprint density at radius 1 is 1.28 bits per heavy atom. The standard InChI is InChI=1S/C14H28N2O2/c1-16(12-13-8-5-7-11-18-13)14(17)9-4-2-3-6-10-15/h13H,2-12,15H2,1H3. The highest BCUT2D eigenvalue weighted by Gasteiger charge is 2.18. The van der Waals surface area contributed by atoms with Crippen molar-refractivity contribution in [3.8, 4) is 0 Å². The number of unbranched alkanes of at least 4 members (excludes halogenated alkanes) is 3. The predicted octanol–water partition coefficient (Wildman–Crippen LogP) is 1.92. The Bertz CT molecular complexity index is 228. The van der Waals surface area contributed by atoms with Crippen molar-refractivity contribution in [2.75, 3.05) is 26.7 Å². The third-order valence-corrected chi connectivity index (χ3v) is 3.52. The summed E-state index contributed by atoms with van der Waals surface area (Å²) in [7, 11) is 1.89. The molecule has 4 heteroatoms. The normalized spacial score (nSPS) is 19.8. The van der Waals surface area contributed by atoms with Crippen molar-refractivity contribution in [1.29, 1.82) is 0 Å². The Morgan fingerprint density at radius 3 is 2.72 bits per heavy atom. The zero-order valence-corrected chi connectivity index (χ0v) is 11.7. The molecule has 0 aromatic rings. The molecule has 1 atom stereocenters. The molecule has 2 N–H and O–H groups in total. The zero-order chi connectivity index (χ0) is 13.2. The number of hydrogen-bond donors (Lipinski definition) is 1. The highest BCUT2D eigenvalue weighted by atomic mass is 16.5. The number of likely N-dealkylation sites (N-methyl/N-ethyl adjacent to an activating group) is 1. The van der Waals surface area contributed by atoms with Gasteiger partial charge in [-0.05, 0) is 38.6 Å². The molecule has 0 saturated carbocycles. The van der Waals surface area contributed by atoms with E-state index in [2.05, 4.69) is 0 Å². The van der Waals surface area contributed by atoms with Gasteiger partial charge < -0.3 is 15.4 Å². The maximum Gasteiger partial charge on any atom is 0.222 e. The lowest BCUT2D eigenvalue weighted by Crippen LogP contribution is -2.37. The van der Waals surface area contributed by atoms with Crippen molar-refractivity contribution in [2.45, 2.75) is 57.5 Å². The van der Waals surface area contributed by atoms with Gasteiger partial charge in [-0.3, -0.25) is 4.79 Å². The van der Waals surface area contributed by atoms with Crippen LogP contribution in [0.4, 0.5) is 0 Å². The lowest BCUT2D eigenvalue weighted by atomic mass is 10.1. The van der Waals surface area contributed by atoms with Crippen LogP contribution in [0.2, 0.25) is 0 Å². The second-order valence-corrected chi connectivity index (χ2v) is 5.22. The molecule has 0 bridgehead atoms. The summed E-state index contributed by atoms with van der Waals surface area (Å²) < 4.78 is 5.65. The fourth-order valence-corrected chi connectivity index (χ4v) is 2.32. The van der Waals surface area contributed by atoms with Gasteiger partial charge in [-0.25, -0.2) is 0 Å². The molecular weight excluding hydrogens is 228 g/mol. The number of nitrogens with zero attached hydrogens (tertiary/aromatic N) is 1. The Labute approximate surface area is 111 Å². The lowest BCUT2D eigenvalue weighted by Gasteiger charge is -2.27. The van der Waals surface area contributed by atoms with E-state index in [1.54, 1.807) is 0 Å². The number of hydrogen-bond acceptors (Lipinski definition) is 3. The van der Waals surface area contributed by atoms with Crippen LogP contribution in [0.1, 0.15) is 51.4 Å². The van der Waals surface area contributed by atoms with Crippen LogP contribution in [0.25, 0.3) is 0 Å². The molecule has 0 spiro atoms. The first-order valence-electron chi connectivity index (χ1n) is 7.29. The molecule has 1 aliphatic rings. The maximum absolute atomic E-state index is 11.9. The van der Waals surface area contributed by atoms with Crippen LogP contribution < -0.4 is 5.73 Å². The van der Waals surface area contributed by atoms with Gasteiger partial charge in [0.25, 0.3) is 0 Å². The van der Waals surface area contributed by atoms with E-state index in [1.165, 1.54) is 6.42 Å². The van der Waals surface area contributed by atoms with E-state index in [-0.39, 0.29) is 12.0 Å². The molecule has 0 aliphatic carbocycles. The number of amides is 1. The Morgan fingerprint density at radius 2 is 2.06 bits per heavy atom. The molecule has 1 rings (SSSR count). The van der Waals surface area contributed by atoms with Crippen molar-refractivity contribution in [2.24, 2.45) is 5.73 Å². The summed E-state index contributed by atoms with van der Waals surface area (Å²) in [6.45, 7) is 2.36. The quantitative estimate of drug-likeness (QED) is 0.675. The van der Waals surface area contributed by atoms with Crippen molar-refractivity contribution >= 4 is 5.91 Å². The van der Waals surface area contributed by atoms with Gasteiger partial charge in [0.15, 0.2) is 0 Å². The molecular formula is C14H28N2O2. The molecule has 4 nitrogen and oxygen atoms in total. The smallest absolute Gasteiger partial charge is 0.222 e. The summed E-state index contributed by atoms with van der Waals surface area (Å²) in [6, 6.07) is 0. The maximum atomic E-state index is 11.9. The second kappa shape index (κ2) is 9.34. The number of rotatable bonds is 8. The Hall–Kier alpha value is -0.610. The van der Waals surface area contributed by atoms with Crippen LogP contribution >= 0.6 is 0 Å². The summed E-state index contributed by atoms with van der Waals surface area (Å²) in [4.78, 5) is 13.7. The van der Waals surface area contributed by atoms with Gasteiger partial charge in [-0.2, -0.15) is 0 Å². The van der Waals surface area contributed by atoms with Gasteiger partial charge in [0.2, 0.25) is 5.91 Å². The Balaban J connectivity index is 2.08. The molecule has 1 unspecified atom stereocenters. The van der Waals surface area contributed by atoms with Crippen LogP contribution in [0.5, 0.6) is 0 Å². The van der Waals surface area contributed by atoms with Crippen LogP contribution in [0.15, 0.2) is 0 Å². The number of ether oxygens (including phenoxy) is 1. The molecule has 0 radical (unpaired) electrons. The van der Waals surface area contributed by atoms with Gasteiger partial charge in [0, 0.05) is 26.6 Å². The van der Waals surface area contributed by atoms with Gasteiger partial charge in [-0.15, -0.1) is 0 Å². The first-order valence-corrected chi connectivity index (χ1v) is 7.29. The van der Waals surface area contributed by atoms with Crippen molar-refractivity contribution in [3.05, 3.63) is 0 Å². The molecule has 106 valence electrons. The van der Waals surface area contributed by atoms with E-state index in [1.807, 2.05) is 11.9 Å². The minimum Gasteiger partial charge on any atom is -0.376 e. The van der Waals surface area contributed by atoms with E-state index in [9.17, 15) is 4.79 Å². The van der Waals surface area contributed by atoms with Crippen LogP contribution in [-0.2, 0) is 9.53 Å². The summed E-state index contributed by atoms with van der Waals surface area (Å²) in [5.41, 5.74) is 5.43. The van der Waals surface area contributed by atoms with Gasteiger partial charge in [-0.1, -0.05) is 12.8 Å². The van der Waals surface area contributed by atoms with Crippen LogP contribution in [-0.4, -0.2) is 43.7 Å². The number of carbonyl (C=O) groups excluding carboxylic acids is 1. The molecule has 0 aromatic heterocycles. The highest BCUT2D eigenvalue weighted by molar-refractivity contribution is 5.75. The molecule has 1 aliphatic heterocycles. The fraction of sp³-hybridized carbons (Fsp3) is 0.929. The van der Waals surface area contributed by atoms with Gasteiger partial charge >= 0.3 is 0 Å². The number of nitrogens with two attached hydrogens (primary N) is 1. The second-order valence-electron chi connectivity index (χ2n) is 5.22. The minimum atomic E-state index is 0.247. The average molecular weight is 256 g/mol. The van der Waals surface area contributed by atoms with Gasteiger partial charge in [0.1, 0.15) is 0 Å². The van der Waals surface area contributed by atoms with E-state index in [0.29, 0.717) is 6.42 Å². The SMILES string of the molecule is CN(CC1CCCCO1)C(=O)CCCCCCN. The highest BCUT2D eigenvalue weighted by Crippen LogP contribution is 2.14. The van der Waals surface area contributed by atoms with Crippen LogP contribution in [0, 0.1) is 0 Å². The van der Waals surface area contributed by atoms with E-state index in [0.717, 1.165) is 58.2 Å². The monoisotopic (exact) mass is 256 g/mol. The molecule has 1 heterocycles. The summed E-state index contributed by atoms with van der Waals surface area (Å²) >= 11 is 0. The van der Waals surface area contributed by atoms with E-state index in [4.69, 9.17) is 10.5 Å². The molecule has 1 amide bonds. The topological polar surface area (TPSA) is 55.6 Å².